The largest absolute Gasteiger partial charge is 0.508 e. The zero-order valence-electron chi connectivity index (χ0n) is 11.8. The molecule has 0 saturated carbocycles. The third kappa shape index (κ3) is 15.5. The lowest BCUT2D eigenvalue weighted by Gasteiger charge is -2.07. The predicted octanol–water partition coefficient (Wildman–Crippen LogP) is 1.07. The van der Waals surface area contributed by atoms with Gasteiger partial charge in [0.15, 0.2) is 0 Å². The van der Waals surface area contributed by atoms with E-state index < -0.39 is 6.16 Å². The Hall–Kier alpha value is -0.600. The third-order valence-corrected chi connectivity index (χ3v) is 2.07. The summed E-state index contributed by atoms with van der Waals surface area (Å²) in [5.41, 5.74) is 0. The van der Waals surface area contributed by atoms with Crippen molar-refractivity contribution in [2.45, 2.75) is 0 Å². The molecule has 120 valence electrons. The maximum atomic E-state index is 10.9. The van der Waals surface area contributed by atoms with Crippen LogP contribution in [-0.4, -0.2) is 78.6 Å². The average Bonchev–Trinajstić information content (AvgIpc) is 2.46. The van der Waals surface area contributed by atoms with Crippen molar-refractivity contribution in [3.05, 3.63) is 0 Å². The van der Waals surface area contributed by atoms with Crippen molar-refractivity contribution in [3.63, 3.8) is 0 Å². The number of hydrogen-bond donors (Lipinski definition) is 0. The van der Waals surface area contributed by atoms with Gasteiger partial charge in [0.1, 0.15) is 13.2 Å². The number of halogens is 1. The van der Waals surface area contributed by atoms with Gasteiger partial charge in [0.2, 0.25) is 0 Å². The average molecular weight is 315 g/mol. The van der Waals surface area contributed by atoms with Gasteiger partial charge in [0, 0.05) is 7.11 Å². The minimum absolute atomic E-state index is 0.140. The van der Waals surface area contributed by atoms with Crippen LogP contribution in [0.1, 0.15) is 0 Å². The van der Waals surface area contributed by atoms with E-state index in [-0.39, 0.29) is 19.1 Å². The Kier molecular flexibility index (Phi) is 16.0. The molecular weight excluding hydrogens is 292 g/mol. The van der Waals surface area contributed by atoms with Gasteiger partial charge in [-0.3, -0.25) is 0 Å². The maximum Gasteiger partial charge on any atom is 0.508 e. The van der Waals surface area contributed by atoms with E-state index in [0.29, 0.717) is 46.2 Å². The predicted molar refractivity (Wildman–Crippen MR) is 72.4 cm³/mol. The summed E-state index contributed by atoms with van der Waals surface area (Å²) in [5.74, 6) is 0.248. The molecule has 0 radical (unpaired) electrons. The molecule has 0 spiro atoms. The van der Waals surface area contributed by atoms with Crippen molar-refractivity contribution in [3.8, 4) is 0 Å². The topological polar surface area (TPSA) is 72.5 Å². The third-order valence-electron chi connectivity index (χ3n) is 1.92. The van der Waals surface area contributed by atoms with Gasteiger partial charge in [-0.15, -0.1) is 11.6 Å². The van der Waals surface area contributed by atoms with Crippen molar-refractivity contribution in [1.29, 1.82) is 0 Å². The van der Waals surface area contributed by atoms with Crippen molar-refractivity contribution < 1.29 is 33.2 Å². The van der Waals surface area contributed by atoms with Crippen LogP contribution in [0.4, 0.5) is 4.79 Å². The van der Waals surface area contributed by atoms with E-state index in [0.717, 1.165) is 0 Å². The van der Waals surface area contributed by atoms with Crippen LogP contribution in [-0.2, 0) is 28.4 Å². The lowest BCUT2D eigenvalue weighted by molar-refractivity contribution is -0.00785. The highest BCUT2D eigenvalue weighted by molar-refractivity contribution is 6.18. The maximum absolute atomic E-state index is 10.9. The van der Waals surface area contributed by atoms with E-state index >= 15 is 0 Å². The number of carbonyl (C=O) groups is 1. The fourth-order valence-corrected chi connectivity index (χ4v) is 1.11. The molecule has 0 fully saturated rings. The fourth-order valence-electron chi connectivity index (χ4n) is 1.03. The van der Waals surface area contributed by atoms with E-state index in [1.54, 1.807) is 7.11 Å². The van der Waals surface area contributed by atoms with Crippen LogP contribution in [0, 0.1) is 0 Å². The molecule has 0 unspecified atom stereocenters. The summed E-state index contributed by atoms with van der Waals surface area (Å²) >= 11 is 5.34. The van der Waals surface area contributed by atoms with Crippen molar-refractivity contribution in [2.24, 2.45) is 0 Å². The molecule has 0 amide bonds. The van der Waals surface area contributed by atoms with E-state index in [2.05, 4.69) is 4.74 Å². The molecule has 0 aliphatic heterocycles. The fraction of sp³-hybridized carbons (Fsp3) is 0.917. The van der Waals surface area contributed by atoms with E-state index in [1.807, 2.05) is 0 Å². The van der Waals surface area contributed by atoms with Gasteiger partial charge >= 0.3 is 6.16 Å². The Morgan fingerprint density at radius 1 is 0.750 bits per heavy atom. The smallest absolute Gasteiger partial charge is 0.433 e. The molecule has 0 aromatic carbocycles. The first-order chi connectivity index (χ1) is 9.81. The highest BCUT2D eigenvalue weighted by Gasteiger charge is 2.02. The van der Waals surface area contributed by atoms with E-state index in [9.17, 15) is 4.79 Å². The van der Waals surface area contributed by atoms with Crippen molar-refractivity contribution in [2.75, 3.05) is 72.5 Å². The Morgan fingerprint density at radius 3 is 1.70 bits per heavy atom. The van der Waals surface area contributed by atoms with Crippen LogP contribution in [0.2, 0.25) is 0 Å². The number of carbonyl (C=O) groups excluding carboxylic acids is 1. The standard InChI is InChI=1S/C12H23ClO7/c1-15-4-5-16-6-7-17-8-9-18-10-11-20-12(14)19-3-2-13/h2-11H2,1H3. The molecule has 20 heavy (non-hydrogen) atoms. The van der Waals surface area contributed by atoms with E-state index in [4.69, 9.17) is 35.3 Å². The normalized spacial score (nSPS) is 10.5. The first-order valence-electron chi connectivity index (χ1n) is 6.39. The molecule has 0 atom stereocenters. The monoisotopic (exact) mass is 314 g/mol. The number of alkyl halides is 1. The van der Waals surface area contributed by atoms with Crippen molar-refractivity contribution >= 4 is 17.8 Å². The highest BCUT2D eigenvalue weighted by atomic mass is 35.5. The lowest BCUT2D eigenvalue weighted by Crippen LogP contribution is -2.15. The summed E-state index contributed by atoms with van der Waals surface area (Å²) < 4.78 is 29.8. The summed E-state index contributed by atoms with van der Waals surface area (Å²) in [6, 6.07) is 0. The first-order valence-corrected chi connectivity index (χ1v) is 6.92. The lowest BCUT2D eigenvalue weighted by atomic mass is 10.7. The second-order valence-electron chi connectivity index (χ2n) is 3.47. The highest BCUT2D eigenvalue weighted by Crippen LogP contribution is 1.88. The van der Waals surface area contributed by atoms with Gasteiger partial charge < -0.3 is 28.4 Å². The van der Waals surface area contributed by atoms with Gasteiger partial charge in [-0.25, -0.2) is 4.79 Å². The summed E-state index contributed by atoms with van der Waals surface area (Å²) in [4.78, 5) is 10.9. The van der Waals surface area contributed by atoms with Gasteiger partial charge in [-0.05, 0) is 0 Å². The Morgan fingerprint density at radius 2 is 1.20 bits per heavy atom. The number of hydrogen-bond acceptors (Lipinski definition) is 7. The van der Waals surface area contributed by atoms with Crippen LogP contribution in [0.15, 0.2) is 0 Å². The molecule has 0 aliphatic carbocycles. The summed E-state index contributed by atoms with van der Waals surface area (Å²) in [7, 11) is 1.62. The second-order valence-corrected chi connectivity index (χ2v) is 3.84. The molecule has 8 heteroatoms. The van der Waals surface area contributed by atoms with Crippen LogP contribution in [0.25, 0.3) is 0 Å². The van der Waals surface area contributed by atoms with Crippen molar-refractivity contribution in [1.82, 2.24) is 0 Å². The van der Waals surface area contributed by atoms with Crippen LogP contribution < -0.4 is 0 Å². The molecule has 0 heterocycles. The van der Waals surface area contributed by atoms with Gasteiger partial charge in [-0.1, -0.05) is 0 Å². The van der Waals surface area contributed by atoms with E-state index in [1.165, 1.54) is 0 Å². The Balaban J connectivity index is 3.04. The zero-order chi connectivity index (χ0) is 14.9. The first kappa shape index (κ1) is 19.4. The quantitative estimate of drug-likeness (QED) is 0.270. The molecule has 0 rings (SSSR count). The number of methoxy groups -OCH3 is 1. The minimum Gasteiger partial charge on any atom is -0.433 e. The molecule has 0 aliphatic rings. The summed E-state index contributed by atoms with van der Waals surface area (Å²) in [6.45, 7) is 3.64. The van der Waals surface area contributed by atoms with Gasteiger partial charge in [0.05, 0.1) is 52.1 Å². The number of ether oxygens (including phenoxy) is 6. The van der Waals surface area contributed by atoms with Crippen LogP contribution in [0.3, 0.4) is 0 Å². The summed E-state index contributed by atoms with van der Waals surface area (Å²) in [5, 5.41) is 0. The second kappa shape index (κ2) is 16.5. The molecule has 0 bridgehead atoms. The number of rotatable bonds is 14. The van der Waals surface area contributed by atoms with Crippen LogP contribution in [0.5, 0.6) is 0 Å². The zero-order valence-corrected chi connectivity index (χ0v) is 12.6. The Bertz CT molecular complexity index is 216. The van der Waals surface area contributed by atoms with Crippen LogP contribution >= 0.6 is 11.6 Å². The SMILES string of the molecule is COCCOCCOCCOCCOC(=O)OCCCl. The molecule has 0 aromatic heterocycles. The molecule has 0 aromatic rings. The molecule has 0 N–H and O–H groups in total. The minimum atomic E-state index is -0.737. The molecule has 7 nitrogen and oxygen atoms in total. The summed E-state index contributed by atoms with van der Waals surface area (Å²) in [6.07, 6.45) is -0.737. The van der Waals surface area contributed by atoms with Gasteiger partial charge in [-0.2, -0.15) is 0 Å². The molecule has 0 saturated heterocycles. The Labute approximate surface area is 124 Å². The van der Waals surface area contributed by atoms with Gasteiger partial charge in [0.25, 0.3) is 0 Å². The molecular formula is C12H23ClO7.